The van der Waals surface area contributed by atoms with Crippen LogP contribution in [0.1, 0.15) is 20.9 Å². The molecule has 0 aliphatic heterocycles. The number of ether oxygens (including phenoxy) is 4. The van der Waals surface area contributed by atoms with Crippen LogP contribution in [-0.2, 0) is 16.1 Å². The van der Waals surface area contributed by atoms with Crippen LogP contribution in [-0.4, -0.2) is 49.6 Å². The lowest BCUT2D eigenvalue weighted by Gasteiger charge is -2.14. The van der Waals surface area contributed by atoms with Crippen LogP contribution in [0.3, 0.4) is 0 Å². The number of hydrogen-bond donors (Lipinski definition) is 1. The van der Waals surface area contributed by atoms with Gasteiger partial charge in [-0.15, -0.1) is 11.3 Å². The van der Waals surface area contributed by atoms with E-state index in [0.717, 1.165) is 21.6 Å². The van der Waals surface area contributed by atoms with Gasteiger partial charge in [0, 0.05) is 23.6 Å². The number of nitrogens with one attached hydrogen (secondary N) is 1. The number of benzene rings is 2. The third-order valence-corrected chi connectivity index (χ3v) is 6.43. The third kappa shape index (κ3) is 5.07. The molecular weight excluding hydrogens is 470 g/mol. The summed E-state index contributed by atoms with van der Waals surface area (Å²) in [4.78, 5) is 26.2. The summed E-state index contributed by atoms with van der Waals surface area (Å²) < 4.78 is 23.0. The van der Waals surface area contributed by atoms with Crippen LogP contribution in [0.15, 0.2) is 48.5 Å². The molecule has 35 heavy (non-hydrogen) atoms. The van der Waals surface area contributed by atoms with Crippen molar-refractivity contribution < 1.29 is 28.5 Å². The molecule has 10 heteroatoms. The van der Waals surface area contributed by atoms with E-state index in [9.17, 15) is 9.59 Å². The number of aromatic nitrogens is 2. The number of hydrogen-bond acceptors (Lipinski definition) is 8. The number of fused-ring (bicyclic) bond motifs is 1. The number of amides is 1. The van der Waals surface area contributed by atoms with Crippen LogP contribution >= 0.6 is 11.3 Å². The summed E-state index contributed by atoms with van der Waals surface area (Å²) in [7, 11) is 4.58. The minimum atomic E-state index is -0.566. The van der Waals surface area contributed by atoms with Crippen molar-refractivity contribution in [3.8, 4) is 22.9 Å². The molecule has 0 saturated carbocycles. The van der Waals surface area contributed by atoms with Crippen LogP contribution in [0.2, 0.25) is 0 Å². The van der Waals surface area contributed by atoms with Crippen LogP contribution in [0, 0.1) is 6.92 Å². The first kappa shape index (κ1) is 24.1. The predicted octanol–water partition coefficient (Wildman–Crippen LogP) is 3.89. The first-order valence-corrected chi connectivity index (χ1v) is 11.5. The lowest BCUT2D eigenvalue weighted by Crippen LogP contribution is -2.28. The van der Waals surface area contributed by atoms with Crippen molar-refractivity contribution in [3.05, 3.63) is 64.7 Å². The van der Waals surface area contributed by atoms with Crippen LogP contribution < -0.4 is 19.5 Å². The summed E-state index contributed by atoms with van der Waals surface area (Å²) in [6.07, 6.45) is 0. The van der Waals surface area contributed by atoms with Gasteiger partial charge in [0.15, 0.2) is 18.1 Å². The highest BCUT2D eigenvalue weighted by Crippen LogP contribution is 2.34. The molecule has 2 aromatic heterocycles. The van der Waals surface area contributed by atoms with Gasteiger partial charge in [0.25, 0.3) is 5.91 Å². The molecule has 0 unspecified atom stereocenters. The Morgan fingerprint density at radius 3 is 2.34 bits per heavy atom. The summed E-state index contributed by atoms with van der Waals surface area (Å²) in [6, 6.07) is 14.8. The van der Waals surface area contributed by atoms with Gasteiger partial charge < -0.3 is 24.3 Å². The molecule has 4 aromatic rings. The SMILES string of the molecule is COc1cc(OC)c(OC)cc1CNC(=O)COC(=O)c1cc2c(C)nn(-c3ccccc3)c2s1. The van der Waals surface area contributed by atoms with Crippen molar-refractivity contribution in [3.63, 3.8) is 0 Å². The van der Waals surface area contributed by atoms with Crippen molar-refractivity contribution in [2.75, 3.05) is 27.9 Å². The van der Waals surface area contributed by atoms with E-state index >= 15 is 0 Å². The van der Waals surface area contributed by atoms with Gasteiger partial charge in [0.05, 0.1) is 32.7 Å². The second-order valence-electron chi connectivity index (χ2n) is 7.53. The number of methoxy groups -OCH3 is 3. The average molecular weight is 496 g/mol. The molecule has 182 valence electrons. The third-order valence-electron chi connectivity index (χ3n) is 5.34. The Labute approximate surface area is 206 Å². The Morgan fingerprint density at radius 1 is 0.971 bits per heavy atom. The Morgan fingerprint density at radius 2 is 1.66 bits per heavy atom. The van der Waals surface area contributed by atoms with Crippen LogP contribution in [0.4, 0.5) is 0 Å². The van der Waals surface area contributed by atoms with Crippen molar-refractivity contribution in [2.24, 2.45) is 0 Å². The average Bonchev–Trinajstić information content (AvgIpc) is 3.46. The monoisotopic (exact) mass is 495 g/mol. The summed E-state index contributed by atoms with van der Waals surface area (Å²) in [6.45, 7) is 1.64. The predicted molar refractivity (Wildman–Crippen MR) is 132 cm³/mol. The molecule has 4 rings (SSSR count). The highest BCUT2D eigenvalue weighted by atomic mass is 32.1. The number of nitrogens with zero attached hydrogens (tertiary/aromatic N) is 2. The lowest BCUT2D eigenvalue weighted by atomic mass is 10.1. The maximum atomic E-state index is 12.6. The van der Waals surface area contributed by atoms with Gasteiger partial charge in [-0.05, 0) is 31.2 Å². The van der Waals surface area contributed by atoms with Crippen molar-refractivity contribution in [2.45, 2.75) is 13.5 Å². The molecule has 0 fully saturated rings. The molecular formula is C25H25N3O6S. The number of carbonyl (C=O) groups is 2. The van der Waals surface area contributed by atoms with Crippen molar-refractivity contribution in [1.82, 2.24) is 15.1 Å². The molecule has 9 nitrogen and oxygen atoms in total. The van der Waals surface area contributed by atoms with Gasteiger partial charge >= 0.3 is 5.97 Å². The zero-order valence-electron chi connectivity index (χ0n) is 19.8. The van der Waals surface area contributed by atoms with E-state index in [1.165, 1.54) is 32.7 Å². The zero-order chi connectivity index (χ0) is 24.9. The van der Waals surface area contributed by atoms with Gasteiger partial charge in [-0.2, -0.15) is 5.10 Å². The minimum absolute atomic E-state index is 0.162. The quantitative estimate of drug-likeness (QED) is 0.352. The molecule has 0 atom stereocenters. The molecule has 0 aliphatic carbocycles. The van der Waals surface area contributed by atoms with Crippen molar-refractivity contribution >= 4 is 33.4 Å². The number of para-hydroxylation sites is 1. The summed E-state index contributed by atoms with van der Waals surface area (Å²) >= 11 is 1.27. The molecule has 1 N–H and O–H groups in total. The minimum Gasteiger partial charge on any atom is -0.496 e. The van der Waals surface area contributed by atoms with Crippen LogP contribution in [0.5, 0.6) is 17.2 Å². The van der Waals surface area contributed by atoms with Crippen LogP contribution in [0.25, 0.3) is 15.9 Å². The normalized spacial score (nSPS) is 10.7. The molecule has 0 spiro atoms. The smallest absolute Gasteiger partial charge is 0.348 e. The van der Waals surface area contributed by atoms with E-state index in [1.54, 1.807) is 22.9 Å². The van der Waals surface area contributed by atoms with E-state index < -0.39 is 18.5 Å². The topological polar surface area (TPSA) is 101 Å². The van der Waals surface area contributed by atoms with Crippen molar-refractivity contribution in [1.29, 1.82) is 0 Å². The highest BCUT2D eigenvalue weighted by molar-refractivity contribution is 7.20. The Balaban J connectivity index is 1.40. The fraction of sp³-hybridized carbons (Fsp3) is 0.240. The lowest BCUT2D eigenvalue weighted by molar-refractivity contribution is -0.124. The van der Waals surface area contributed by atoms with E-state index in [2.05, 4.69) is 10.4 Å². The number of esters is 1. The molecule has 0 bridgehead atoms. The first-order chi connectivity index (χ1) is 16.9. The van der Waals surface area contributed by atoms with Gasteiger partial charge in [-0.25, -0.2) is 9.48 Å². The fourth-order valence-corrected chi connectivity index (χ4v) is 4.65. The van der Waals surface area contributed by atoms with E-state index in [1.807, 2.05) is 37.3 Å². The summed E-state index contributed by atoms with van der Waals surface area (Å²) in [5.41, 5.74) is 2.40. The number of thiophene rings is 1. The Bertz CT molecular complexity index is 1360. The van der Waals surface area contributed by atoms with Gasteiger partial charge in [-0.3, -0.25) is 4.79 Å². The van der Waals surface area contributed by atoms with Gasteiger partial charge in [0.1, 0.15) is 15.5 Å². The second-order valence-corrected chi connectivity index (χ2v) is 8.56. The molecule has 0 aliphatic rings. The summed E-state index contributed by atoms with van der Waals surface area (Å²) in [5, 5.41) is 8.17. The zero-order valence-corrected chi connectivity index (χ0v) is 20.6. The maximum Gasteiger partial charge on any atom is 0.348 e. The number of carbonyl (C=O) groups excluding carboxylic acids is 2. The van der Waals surface area contributed by atoms with E-state index in [-0.39, 0.29) is 6.54 Å². The standard InChI is InChI=1S/C25H25N3O6S/c1-15-18-11-22(35-24(18)28(27-15)17-8-6-5-7-9-17)25(30)34-14-23(29)26-13-16-10-20(32-3)21(33-4)12-19(16)31-2/h5-12H,13-14H2,1-4H3,(H,26,29). The second kappa shape index (κ2) is 10.5. The summed E-state index contributed by atoms with van der Waals surface area (Å²) in [5.74, 6) is 0.556. The van der Waals surface area contributed by atoms with E-state index in [4.69, 9.17) is 18.9 Å². The molecule has 0 saturated heterocycles. The van der Waals surface area contributed by atoms with Gasteiger partial charge in [-0.1, -0.05) is 18.2 Å². The van der Waals surface area contributed by atoms with E-state index in [0.29, 0.717) is 27.7 Å². The molecule has 0 radical (unpaired) electrons. The Kier molecular flexibility index (Phi) is 7.21. The fourth-order valence-electron chi connectivity index (χ4n) is 3.57. The molecule has 2 aromatic carbocycles. The molecule has 1 amide bonds. The van der Waals surface area contributed by atoms with Gasteiger partial charge in [0.2, 0.25) is 0 Å². The maximum absolute atomic E-state index is 12.6. The number of rotatable bonds is 9. The Hall–Kier alpha value is -4.05. The largest absolute Gasteiger partial charge is 0.496 e. The number of aryl methyl sites for hydroxylation is 1. The first-order valence-electron chi connectivity index (χ1n) is 10.7. The highest BCUT2D eigenvalue weighted by Gasteiger charge is 2.19. The molecule has 2 heterocycles.